The fourth-order valence-electron chi connectivity index (χ4n) is 3.13. The van der Waals surface area contributed by atoms with Crippen molar-refractivity contribution in [1.82, 2.24) is 0 Å². The molecule has 6 nitrogen and oxygen atoms in total. The molecule has 1 atom stereocenters. The fraction of sp³-hybridized carbons (Fsp3) is 0.300. The van der Waals surface area contributed by atoms with Crippen LogP contribution in [0.15, 0.2) is 47.4 Å². The van der Waals surface area contributed by atoms with Crippen molar-refractivity contribution in [3.8, 4) is 0 Å². The van der Waals surface area contributed by atoms with Gasteiger partial charge in [0.05, 0.1) is 10.5 Å². The van der Waals surface area contributed by atoms with E-state index in [0.29, 0.717) is 5.69 Å². The SMILES string of the molecule is C[C@H](OC(=O)c1ccccc1S(C)(=O)=O)C(=O)Nc1ccc2c(c1)CCC2. The Morgan fingerprint density at radius 1 is 1.07 bits per heavy atom. The van der Waals surface area contributed by atoms with Gasteiger partial charge in [0.25, 0.3) is 5.91 Å². The molecule has 0 heterocycles. The summed E-state index contributed by atoms with van der Waals surface area (Å²) in [6.45, 7) is 1.45. The largest absolute Gasteiger partial charge is 0.449 e. The first-order chi connectivity index (χ1) is 12.8. The third-order valence-electron chi connectivity index (χ3n) is 4.53. The van der Waals surface area contributed by atoms with Gasteiger partial charge in [0, 0.05) is 11.9 Å². The van der Waals surface area contributed by atoms with Gasteiger partial charge in [-0.15, -0.1) is 0 Å². The van der Waals surface area contributed by atoms with Crippen molar-refractivity contribution in [2.45, 2.75) is 37.2 Å². The minimum atomic E-state index is -3.59. The summed E-state index contributed by atoms with van der Waals surface area (Å²) in [6, 6.07) is 11.5. The average Bonchev–Trinajstić information content (AvgIpc) is 3.08. The van der Waals surface area contributed by atoms with Crippen LogP contribution >= 0.6 is 0 Å². The molecule has 142 valence electrons. The standard InChI is InChI=1S/C20H21NO5S/c1-13(19(22)21-16-11-10-14-6-5-7-15(14)12-16)26-20(23)17-8-3-4-9-18(17)27(2,24)25/h3-4,8-13H,5-7H2,1-2H3,(H,21,22)/t13-/m0/s1. The molecule has 1 amide bonds. The topological polar surface area (TPSA) is 89.5 Å². The van der Waals surface area contributed by atoms with E-state index in [4.69, 9.17) is 4.74 Å². The highest BCUT2D eigenvalue weighted by molar-refractivity contribution is 7.90. The summed E-state index contributed by atoms with van der Waals surface area (Å²) in [5.41, 5.74) is 3.08. The predicted octanol–water partition coefficient (Wildman–Crippen LogP) is 2.76. The fourth-order valence-corrected chi connectivity index (χ4v) is 4.01. The minimum Gasteiger partial charge on any atom is -0.449 e. The molecule has 7 heteroatoms. The molecule has 2 aromatic carbocycles. The number of hydrogen-bond donors (Lipinski definition) is 1. The Bertz CT molecular complexity index is 997. The highest BCUT2D eigenvalue weighted by Crippen LogP contribution is 2.25. The molecule has 0 unspecified atom stereocenters. The second kappa shape index (κ2) is 7.52. The number of benzene rings is 2. The van der Waals surface area contributed by atoms with Crippen LogP contribution in [0.1, 0.15) is 34.8 Å². The van der Waals surface area contributed by atoms with Gasteiger partial charge in [0.15, 0.2) is 15.9 Å². The molecule has 0 saturated carbocycles. The molecule has 0 bridgehead atoms. The van der Waals surface area contributed by atoms with Crippen molar-refractivity contribution in [2.75, 3.05) is 11.6 Å². The summed E-state index contributed by atoms with van der Waals surface area (Å²) in [4.78, 5) is 24.6. The molecule has 2 aromatic rings. The number of hydrogen-bond acceptors (Lipinski definition) is 5. The lowest BCUT2D eigenvalue weighted by Crippen LogP contribution is -2.30. The van der Waals surface area contributed by atoms with Crippen LogP contribution in [0.3, 0.4) is 0 Å². The van der Waals surface area contributed by atoms with E-state index in [1.165, 1.54) is 36.2 Å². The van der Waals surface area contributed by atoms with Crippen LogP contribution < -0.4 is 5.32 Å². The maximum Gasteiger partial charge on any atom is 0.340 e. The number of aryl methyl sites for hydroxylation is 2. The van der Waals surface area contributed by atoms with Gasteiger partial charge in [-0.2, -0.15) is 0 Å². The quantitative estimate of drug-likeness (QED) is 0.797. The Morgan fingerprint density at radius 3 is 2.52 bits per heavy atom. The highest BCUT2D eigenvalue weighted by Gasteiger charge is 2.24. The first-order valence-corrected chi connectivity index (χ1v) is 10.6. The van der Waals surface area contributed by atoms with Crippen LogP contribution in [0.5, 0.6) is 0 Å². The molecule has 0 saturated heterocycles. The van der Waals surface area contributed by atoms with Gasteiger partial charge >= 0.3 is 5.97 Å². The van der Waals surface area contributed by atoms with Gasteiger partial charge in [-0.05, 0) is 61.6 Å². The molecular formula is C20H21NO5S. The second-order valence-corrected chi connectivity index (χ2v) is 8.63. The van der Waals surface area contributed by atoms with E-state index in [0.717, 1.165) is 25.5 Å². The zero-order chi connectivity index (χ0) is 19.6. The molecule has 0 radical (unpaired) electrons. The molecule has 27 heavy (non-hydrogen) atoms. The maximum absolute atomic E-state index is 12.4. The number of carbonyl (C=O) groups excluding carboxylic acids is 2. The smallest absolute Gasteiger partial charge is 0.340 e. The van der Waals surface area contributed by atoms with E-state index in [1.807, 2.05) is 18.2 Å². The third kappa shape index (κ3) is 4.36. The summed E-state index contributed by atoms with van der Waals surface area (Å²) in [6.07, 6.45) is 3.10. The average molecular weight is 387 g/mol. The molecule has 3 rings (SSSR count). The molecule has 0 fully saturated rings. The number of nitrogens with one attached hydrogen (secondary N) is 1. The van der Waals surface area contributed by atoms with Crippen molar-refractivity contribution < 1.29 is 22.7 Å². The summed E-state index contributed by atoms with van der Waals surface area (Å²) in [5, 5.41) is 2.74. The monoisotopic (exact) mass is 387 g/mol. The molecule has 1 N–H and O–H groups in total. The highest BCUT2D eigenvalue weighted by atomic mass is 32.2. The first kappa shape index (κ1) is 19.1. The maximum atomic E-state index is 12.4. The molecule has 0 aromatic heterocycles. The Hall–Kier alpha value is -2.67. The van der Waals surface area contributed by atoms with Crippen LogP contribution in [0, 0.1) is 0 Å². The second-order valence-electron chi connectivity index (χ2n) is 6.64. The Labute approximate surface area is 158 Å². The van der Waals surface area contributed by atoms with Crippen LogP contribution in [0.4, 0.5) is 5.69 Å². The van der Waals surface area contributed by atoms with Crippen molar-refractivity contribution in [3.05, 3.63) is 59.2 Å². The van der Waals surface area contributed by atoms with Crippen molar-refractivity contribution in [1.29, 1.82) is 0 Å². The molecule has 1 aliphatic rings. The predicted molar refractivity (Wildman–Crippen MR) is 102 cm³/mol. The number of ether oxygens (including phenoxy) is 1. The van der Waals surface area contributed by atoms with Crippen molar-refractivity contribution in [3.63, 3.8) is 0 Å². The molecular weight excluding hydrogens is 366 g/mol. The summed E-state index contributed by atoms with van der Waals surface area (Å²) < 4.78 is 28.8. The lowest BCUT2D eigenvalue weighted by molar-refractivity contribution is -0.123. The van der Waals surface area contributed by atoms with E-state index in [1.54, 1.807) is 6.07 Å². The summed E-state index contributed by atoms with van der Waals surface area (Å²) in [7, 11) is -3.59. The van der Waals surface area contributed by atoms with Gasteiger partial charge in [-0.25, -0.2) is 13.2 Å². The lowest BCUT2D eigenvalue weighted by atomic mass is 10.1. The van der Waals surface area contributed by atoms with Gasteiger partial charge in [-0.1, -0.05) is 18.2 Å². The molecule has 0 aliphatic heterocycles. The Morgan fingerprint density at radius 2 is 1.78 bits per heavy atom. The van der Waals surface area contributed by atoms with Gasteiger partial charge in [-0.3, -0.25) is 4.79 Å². The van der Waals surface area contributed by atoms with E-state index < -0.39 is 27.8 Å². The Balaban J connectivity index is 1.69. The minimum absolute atomic E-state index is 0.0859. The van der Waals surface area contributed by atoms with E-state index in [-0.39, 0.29) is 10.5 Å². The Kier molecular flexibility index (Phi) is 5.32. The van der Waals surface area contributed by atoms with Crippen LogP contribution in [0.2, 0.25) is 0 Å². The van der Waals surface area contributed by atoms with Crippen molar-refractivity contribution in [2.24, 2.45) is 0 Å². The molecule has 0 spiro atoms. The van der Waals surface area contributed by atoms with Gasteiger partial charge in [0.2, 0.25) is 0 Å². The number of carbonyl (C=O) groups is 2. The summed E-state index contributed by atoms with van der Waals surface area (Å²) >= 11 is 0. The third-order valence-corrected chi connectivity index (χ3v) is 5.68. The number of fused-ring (bicyclic) bond motifs is 1. The number of esters is 1. The first-order valence-electron chi connectivity index (χ1n) is 8.68. The van der Waals surface area contributed by atoms with Crippen LogP contribution in [-0.4, -0.2) is 32.7 Å². The normalized spacial score (nSPS) is 14.3. The number of amides is 1. The van der Waals surface area contributed by atoms with Crippen LogP contribution in [0.25, 0.3) is 0 Å². The van der Waals surface area contributed by atoms with Crippen molar-refractivity contribution >= 4 is 27.4 Å². The number of sulfone groups is 1. The van der Waals surface area contributed by atoms with Gasteiger partial charge < -0.3 is 10.1 Å². The number of rotatable bonds is 5. The zero-order valence-electron chi connectivity index (χ0n) is 15.2. The summed E-state index contributed by atoms with van der Waals surface area (Å²) in [5.74, 6) is -1.33. The van der Waals surface area contributed by atoms with E-state index >= 15 is 0 Å². The number of anilines is 1. The van der Waals surface area contributed by atoms with E-state index in [2.05, 4.69) is 5.32 Å². The van der Waals surface area contributed by atoms with Crippen LogP contribution in [-0.2, 0) is 32.2 Å². The lowest BCUT2D eigenvalue weighted by Gasteiger charge is -2.15. The van der Waals surface area contributed by atoms with E-state index in [9.17, 15) is 18.0 Å². The zero-order valence-corrected chi connectivity index (χ0v) is 16.0. The van der Waals surface area contributed by atoms with Gasteiger partial charge in [0.1, 0.15) is 0 Å². The molecule has 1 aliphatic carbocycles.